The maximum absolute atomic E-state index is 12.2. The number of carbonyl (C=O) groups is 1. The number of amides is 1. The number of rotatable bonds is 1. The standard InChI is InChI=1S/C11H15BrN2OS/c1-7-4-9(13)2-3-14(7)11(15)8-5-10(12)16-6-8/h5-7,9H,2-4,13H2,1H3. The predicted molar refractivity (Wildman–Crippen MR) is 69.7 cm³/mol. The Morgan fingerprint density at radius 1 is 1.69 bits per heavy atom. The van der Waals surface area contributed by atoms with Gasteiger partial charge in [0, 0.05) is 24.0 Å². The minimum Gasteiger partial charge on any atom is -0.336 e. The van der Waals surface area contributed by atoms with Crippen LogP contribution >= 0.6 is 27.3 Å². The molecule has 1 aliphatic heterocycles. The maximum atomic E-state index is 12.2. The molecular formula is C11H15BrN2OS. The first-order chi connectivity index (χ1) is 7.58. The van der Waals surface area contributed by atoms with Crippen LogP contribution in [0.4, 0.5) is 0 Å². The number of nitrogens with two attached hydrogens (primary N) is 1. The summed E-state index contributed by atoms with van der Waals surface area (Å²) in [7, 11) is 0. The van der Waals surface area contributed by atoms with Crippen LogP contribution in [-0.4, -0.2) is 29.4 Å². The fourth-order valence-corrected chi connectivity index (χ4v) is 3.23. The van der Waals surface area contributed by atoms with Crippen molar-refractivity contribution in [1.82, 2.24) is 4.90 Å². The summed E-state index contributed by atoms with van der Waals surface area (Å²) in [5.74, 6) is 0.126. The second-order valence-electron chi connectivity index (χ2n) is 4.27. The van der Waals surface area contributed by atoms with Gasteiger partial charge >= 0.3 is 0 Å². The van der Waals surface area contributed by atoms with E-state index in [1.165, 1.54) is 0 Å². The number of carbonyl (C=O) groups excluding carboxylic acids is 1. The lowest BCUT2D eigenvalue weighted by molar-refractivity contribution is 0.0619. The fourth-order valence-electron chi connectivity index (χ4n) is 2.10. The average molecular weight is 303 g/mol. The lowest BCUT2D eigenvalue weighted by Gasteiger charge is -2.36. The van der Waals surface area contributed by atoms with Gasteiger partial charge < -0.3 is 10.6 Å². The van der Waals surface area contributed by atoms with Crippen LogP contribution in [0.3, 0.4) is 0 Å². The van der Waals surface area contributed by atoms with Crippen molar-refractivity contribution in [3.63, 3.8) is 0 Å². The van der Waals surface area contributed by atoms with Crippen molar-refractivity contribution >= 4 is 33.2 Å². The van der Waals surface area contributed by atoms with E-state index in [1.54, 1.807) is 11.3 Å². The molecule has 2 atom stereocenters. The SMILES string of the molecule is CC1CC(N)CCN1C(=O)c1csc(Br)c1. The lowest BCUT2D eigenvalue weighted by Crippen LogP contribution is -2.48. The zero-order valence-electron chi connectivity index (χ0n) is 9.15. The molecule has 2 heterocycles. The Morgan fingerprint density at radius 2 is 2.44 bits per heavy atom. The van der Waals surface area contributed by atoms with Crippen molar-refractivity contribution in [2.24, 2.45) is 5.73 Å². The van der Waals surface area contributed by atoms with Crippen molar-refractivity contribution in [2.45, 2.75) is 31.8 Å². The highest BCUT2D eigenvalue weighted by Crippen LogP contribution is 2.24. The second kappa shape index (κ2) is 4.85. The summed E-state index contributed by atoms with van der Waals surface area (Å²) in [6.07, 6.45) is 1.80. The van der Waals surface area contributed by atoms with Gasteiger partial charge in [0.1, 0.15) is 0 Å². The lowest BCUT2D eigenvalue weighted by atomic mass is 9.98. The highest BCUT2D eigenvalue weighted by atomic mass is 79.9. The highest BCUT2D eigenvalue weighted by Gasteiger charge is 2.27. The third kappa shape index (κ3) is 2.47. The quantitative estimate of drug-likeness (QED) is 0.866. The number of likely N-dealkylation sites (tertiary alicyclic amines) is 1. The second-order valence-corrected chi connectivity index (χ2v) is 6.56. The minimum atomic E-state index is 0.126. The van der Waals surface area contributed by atoms with Gasteiger partial charge in [-0.2, -0.15) is 0 Å². The fraction of sp³-hybridized carbons (Fsp3) is 0.545. The first-order valence-corrected chi connectivity index (χ1v) is 7.06. The average Bonchev–Trinajstić information content (AvgIpc) is 2.64. The molecule has 2 N–H and O–H groups in total. The minimum absolute atomic E-state index is 0.126. The van der Waals surface area contributed by atoms with E-state index in [-0.39, 0.29) is 18.0 Å². The molecule has 0 aliphatic carbocycles. The van der Waals surface area contributed by atoms with Gasteiger partial charge in [0.05, 0.1) is 9.35 Å². The Labute approximate surface area is 108 Å². The number of piperidine rings is 1. The van der Waals surface area contributed by atoms with Gasteiger partial charge in [-0.3, -0.25) is 4.79 Å². The van der Waals surface area contributed by atoms with Gasteiger partial charge in [0.15, 0.2) is 0 Å². The van der Waals surface area contributed by atoms with E-state index >= 15 is 0 Å². The van der Waals surface area contributed by atoms with E-state index in [2.05, 4.69) is 22.9 Å². The van der Waals surface area contributed by atoms with Crippen LogP contribution in [0.25, 0.3) is 0 Å². The summed E-state index contributed by atoms with van der Waals surface area (Å²) in [5, 5.41) is 1.90. The van der Waals surface area contributed by atoms with Gasteiger partial charge in [-0.15, -0.1) is 11.3 Å². The summed E-state index contributed by atoms with van der Waals surface area (Å²) in [4.78, 5) is 14.1. The van der Waals surface area contributed by atoms with Crippen LogP contribution in [0.5, 0.6) is 0 Å². The summed E-state index contributed by atoms with van der Waals surface area (Å²) < 4.78 is 0.997. The molecule has 0 aromatic carbocycles. The van der Waals surface area contributed by atoms with Crippen LogP contribution in [0.1, 0.15) is 30.1 Å². The molecule has 1 aromatic rings. The third-order valence-electron chi connectivity index (χ3n) is 2.99. The van der Waals surface area contributed by atoms with E-state index in [9.17, 15) is 4.79 Å². The number of hydrogen-bond donors (Lipinski definition) is 1. The van der Waals surface area contributed by atoms with Crippen LogP contribution in [0, 0.1) is 0 Å². The molecule has 1 fully saturated rings. The van der Waals surface area contributed by atoms with Crippen molar-refractivity contribution in [2.75, 3.05) is 6.54 Å². The molecule has 1 aliphatic rings. The van der Waals surface area contributed by atoms with Crippen LogP contribution in [0.15, 0.2) is 15.2 Å². The molecule has 1 aromatic heterocycles. The topological polar surface area (TPSA) is 46.3 Å². The van der Waals surface area contributed by atoms with E-state index in [1.807, 2.05) is 16.3 Å². The summed E-state index contributed by atoms with van der Waals surface area (Å²) >= 11 is 4.92. The molecule has 88 valence electrons. The normalized spacial score (nSPS) is 25.8. The number of hydrogen-bond acceptors (Lipinski definition) is 3. The van der Waals surface area contributed by atoms with Crippen molar-refractivity contribution in [3.8, 4) is 0 Å². The number of nitrogens with zero attached hydrogens (tertiary/aromatic N) is 1. The Hall–Kier alpha value is -0.390. The van der Waals surface area contributed by atoms with Crippen LogP contribution < -0.4 is 5.73 Å². The molecule has 0 saturated carbocycles. The molecule has 2 rings (SSSR count). The Kier molecular flexibility index (Phi) is 3.66. The monoisotopic (exact) mass is 302 g/mol. The molecule has 3 nitrogen and oxygen atoms in total. The molecule has 2 unspecified atom stereocenters. The molecular weight excluding hydrogens is 288 g/mol. The van der Waals surface area contributed by atoms with Crippen molar-refractivity contribution in [1.29, 1.82) is 0 Å². The Bertz CT molecular complexity index is 393. The number of halogens is 1. The van der Waals surface area contributed by atoms with Crippen molar-refractivity contribution < 1.29 is 4.79 Å². The van der Waals surface area contributed by atoms with Gasteiger partial charge in [-0.1, -0.05) is 0 Å². The van der Waals surface area contributed by atoms with Gasteiger partial charge in [0.2, 0.25) is 0 Å². The number of thiophene rings is 1. The molecule has 1 amide bonds. The van der Waals surface area contributed by atoms with Gasteiger partial charge in [-0.05, 0) is 41.8 Å². The predicted octanol–water partition coefficient (Wildman–Crippen LogP) is 2.46. The summed E-state index contributed by atoms with van der Waals surface area (Å²) in [5.41, 5.74) is 6.66. The zero-order valence-corrected chi connectivity index (χ0v) is 11.6. The first-order valence-electron chi connectivity index (χ1n) is 5.38. The third-order valence-corrected chi connectivity index (χ3v) is 4.50. The van der Waals surface area contributed by atoms with E-state index in [0.717, 1.165) is 28.7 Å². The summed E-state index contributed by atoms with van der Waals surface area (Å²) in [6, 6.07) is 2.37. The van der Waals surface area contributed by atoms with Gasteiger partial charge in [-0.25, -0.2) is 0 Å². The zero-order chi connectivity index (χ0) is 11.7. The van der Waals surface area contributed by atoms with E-state index in [4.69, 9.17) is 5.73 Å². The molecule has 0 spiro atoms. The summed E-state index contributed by atoms with van der Waals surface area (Å²) in [6.45, 7) is 2.84. The molecule has 1 saturated heterocycles. The first kappa shape index (κ1) is 12.1. The smallest absolute Gasteiger partial charge is 0.254 e. The van der Waals surface area contributed by atoms with Crippen LogP contribution in [0.2, 0.25) is 0 Å². The Balaban J connectivity index is 2.10. The molecule has 5 heteroatoms. The molecule has 0 bridgehead atoms. The molecule has 0 radical (unpaired) electrons. The van der Waals surface area contributed by atoms with Gasteiger partial charge in [0.25, 0.3) is 5.91 Å². The van der Waals surface area contributed by atoms with Crippen molar-refractivity contribution in [3.05, 3.63) is 20.8 Å². The molecule has 16 heavy (non-hydrogen) atoms. The largest absolute Gasteiger partial charge is 0.336 e. The van der Waals surface area contributed by atoms with E-state index < -0.39 is 0 Å². The maximum Gasteiger partial charge on any atom is 0.254 e. The van der Waals surface area contributed by atoms with Crippen LogP contribution in [-0.2, 0) is 0 Å². The van der Waals surface area contributed by atoms with E-state index in [0.29, 0.717) is 0 Å². The highest BCUT2D eigenvalue weighted by molar-refractivity contribution is 9.11. The Morgan fingerprint density at radius 3 is 3.00 bits per heavy atom.